The molecule has 11 nitrogen and oxygen atoms in total. The molecule has 4 heterocycles. The second kappa shape index (κ2) is 13.1. The van der Waals surface area contributed by atoms with Crippen molar-refractivity contribution in [1.29, 1.82) is 0 Å². The van der Waals surface area contributed by atoms with Crippen molar-refractivity contribution in [3.05, 3.63) is 29.8 Å². The van der Waals surface area contributed by atoms with E-state index in [9.17, 15) is 18.0 Å². The van der Waals surface area contributed by atoms with Gasteiger partial charge in [0, 0.05) is 24.7 Å². The molecule has 0 bridgehead atoms. The van der Waals surface area contributed by atoms with Crippen molar-refractivity contribution >= 4 is 69.2 Å². The SMILES string of the molecule is CC(C)(C)OC(=O)n1nc(-c2cc3cc(C(C)(C)O[Si]C(C)(C)C)ccc3n2C(=O)OC(C)(C)C)c2sc(N3CCCCC3)c(S(C)(=O)=O)c21. The van der Waals surface area contributed by atoms with Crippen LogP contribution in [0.4, 0.5) is 14.6 Å². The van der Waals surface area contributed by atoms with Gasteiger partial charge >= 0.3 is 12.2 Å². The standard InChI is InChI=1S/C36H50N4O7S2Si/c1-33(2,3)45-31(41)39-24-17-16-23(36(10,11)47-50-35(7,8)9)20-22(24)21-25(39)26-28-27(40(37-26)32(42)46-34(4,5)6)29(49(12,43)44)30(48-28)38-18-14-13-15-19-38/h16-17,20-21H,13-15,18-19H2,1-12H3. The number of carbonyl (C=O) groups is 2. The lowest BCUT2D eigenvalue weighted by atomic mass is 9.97. The Morgan fingerprint density at radius 2 is 1.46 bits per heavy atom. The second-order valence-electron chi connectivity index (χ2n) is 16.6. The fraction of sp³-hybridized carbons (Fsp3) is 0.583. The third kappa shape index (κ3) is 8.13. The Hall–Kier alpha value is -3.20. The number of hydrogen-bond acceptors (Lipinski definition) is 10. The third-order valence-corrected chi connectivity index (χ3v) is 11.7. The largest absolute Gasteiger partial charge is 0.443 e. The molecule has 0 unspecified atom stereocenters. The highest BCUT2D eigenvalue weighted by atomic mass is 32.2. The Bertz CT molecular complexity index is 2050. The van der Waals surface area contributed by atoms with Crippen molar-refractivity contribution in [2.45, 2.75) is 122 Å². The zero-order valence-electron chi connectivity index (χ0n) is 31.3. The van der Waals surface area contributed by atoms with Gasteiger partial charge in [0.1, 0.15) is 32.3 Å². The number of carbonyl (C=O) groups excluding carboxylic acids is 2. The third-order valence-electron chi connectivity index (χ3n) is 7.96. The maximum atomic E-state index is 14.1. The summed E-state index contributed by atoms with van der Waals surface area (Å²) in [5.41, 5.74) is -0.0458. The minimum atomic E-state index is -3.86. The number of sulfone groups is 1. The summed E-state index contributed by atoms with van der Waals surface area (Å²) in [7, 11) is -3.60. The number of rotatable bonds is 6. The molecule has 1 aromatic carbocycles. The summed E-state index contributed by atoms with van der Waals surface area (Å²) < 4.78 is 48.2. The molecule has 50 heavy (non-hydrogen) atoms. The highest BCUT2D eigenvalue weighted by Gasteiger charge is 2.36. The lowest BCUT2D eigenvalue weighted by Crippen LogP contribution is -2.30. The summed E-state index contributed by atoms with van der Waals surface area (Å²) in [6.07, 6.45) is 2.61. The van der Waals surface area contributed by atoms with E-state index in [-0.39, 0.29) is 30.9 Å². The highest BCUT2D eigenvalue weighted by Crippen LogP contribution is 2.47. The van der Waals surface area contributed by atoms with E-state index in [0.29, 0.717) is 34.0 Å². The topological polar surface area (TPSA) is 122 Å². The lowest BCUT2D eigenvalue weighted by molar-refractivity contribution is 0.0520. The molecule has 1 aliphatic rings. The van der Waals surface area contributed by atoms with Crippen LogP contribution in [0.25, 0.3) is 32.5 Å². The maximum absolute atomic E-state index is 14.1. The number of hydrogen-bond donors (Lipinski definition) is 0. The Morgan fingerprint density at radius 3 is 2.02 bits per heavy atom. The van der Waals surface area contributed by atoms with Crippen LogP contribution < -0.4 is 4.90 Å². The predicted molar refractivity (Wildman–Crippen MR) is 201 cm³/mol. The van der Waals surface area contributed by atoms with E-state index in [1.165, 1.54) is 15.9 Å². The molecule has 0 N–H and O–H groups in total. The minimum absolute atomic E-state index is 0.00843. The van der Waals surface area contributed by atoms with Gasteiger partial charge in [-0.2, -0.15) is 9.78 Å². The fourth-order valence-electron chi connectivity index (χ4n) is 5.80. The molecule has 1 fully saturated rings. The first-order chi connectivity index (χ1) is 22.9. The minimum Gasteiger partial charge on any atom is -0.443 e. The van der Waals surface area contributed by atoms with Crippen LogP contribution in [0.1, 0.15) is 101 Å². The van der Waals surface area contributed by atoms with Crippen LogP contribution in [0.5, 0.6) is 0 Å². The van der Waals surface area contributed by atoms with E-state index in [4.69, 9.17) is 19.0 Å². The summed E-state index contributed by atoms with van der Waals surface area (Å²) in [6.45, 7) is 22.4. The summed E-state index contributed by atoms with van der Waals surface area (Å²) in [5.74, 6) is 0. The number of nitrogens with zero attached hydrogens (tertiary/aromatic N) is 4. The van der Waals surface area contributed by atoms with E-state index < -0.39 is 38.8 Å². The number of ether oxygens (including phenoxy) is 2. The zero-order valence-corrected chi connectivity index (χ0v) is 33.9. The first-order valence-corrected chi connectivity index (χ1v) is 20.6. The van der Waals surface area contributed by atoms with Gasteiger partial charge in [-0.05, 0) is 103 Å². The predicted octanol–water partition coefficient (Wildman–Crippen LogP) is 8.77. The Labute approximate surface area is 302 Å². The quantitative estimate of drug-likeness (QED) is 0.179. The Morgan fingerprint density at radius 1 is 0.860 bits per heavy atom. The van der Waals surface area contributed by atoms with Crippen LogP contribution in [0.2, 0.25) is 5.04 Å². The monoisotopic (exact) mass is 742 g/mol. The average Bonchev–Trinajstić information content (AvgIpc) is 3.64. The molecule has 1 aliphatic heterocycles. The van der Waals surface area contributed by atoms with Crippen molar-refractivity contribution in [1.82, 2.24) is 14.3 Å². The second-order valence-corrected chi connectivity index (χ2v) is 21.4. The molecule has 5 rings (SSSR count). The maximum Gasteiger partial charge on any atom is 0.435 e. The van der Waals surface area contributed by atoms with Crippen molar-refractivity contribution in [2.24, 2.45) is 0 Å². The van der Waals surface area contributed by atoms with E-state index >= 15 is 0 Å². The average molecular weight is 743 g/mol. The van der Waals surface area contributed by atoms with E-state index in [2.05, 4.69) is 25.7 Å². The molecule has 0 spiro atoms. The van der Waals surface area contributed by atoms with Crippen LogP contribution in [0.15, 0.2) is 29.2 Å². The van der Waals surface area contributed by atoms with Gasteiger partial charge in [0.2, 0.25) is 9.76 Å². The van der Waals surface area contributed by atoms with Crippen LogP contribution in [-0.2, 0) is 29.3 Å². The normalized spacial score (nSPS) is 15.2. The highest BCUT2D eigenvalue weighted by molar-refractivity contribution is 7.91. The van der Waals surface area contributed by atoms with E-state index in [0.717, 1.165) is 41.1 Å². The van der Waals surface area contributed by atoms with Gasteiger partial charge < -0.3 is 18.8 Å². The molecular weight excluding hydrogens is 693 g/mol. The van der Waals surface area contributed by atoms with Crippen molar-refractivity contribution in [3.63, 3.8) is 0 Å². The van der Waals surface area contributed by atoms with Gasteiger partial charge in [-0.3, -0.25) is 0 Å². The van der Waals surface area contributed by atoms with Gasteiger partial charge in [-0.15, -0.1) is 11.3 Å². The Kier molecular flexibility index (Phi) is 9.96. The molecule has 1 saturated heterocycles. The molecule has 0 atom stereocenters. The molecule has 3 aromatic heterocycles. The van der Waals surface area contributed by atoms with Gasteiger partial charge in [0.15, 0.2) is 9.84 Å². The fourth-order valence-corrected chi connectivity index (χ4v) is 9.33. The molecule has 0 aliphatic carbocycles. The number of benzene rings is 1. The van der Waals surface area contributed by atoms with Gasteiger partial charge in [0.25, 0.3) is 0 Å². The summed E-state index contributed by atoms with van der Waals surface area (Å²) in [5, 5.41) is 6.02. The molecule has 2 radical (unpaired) electrons. The van der Waals surface area contributed by atoms with Crippen molar-refractivity contribution < 1.29 is 31.9 Å². The number of thiophene rings is 1. The first kappa shape index (κ1) is 38.0. The summed E-state index contributed by atoms with van der Waals surface area (Å²) in [6, 6.07) is 7.63. The molecule has 14 heteroatoms. The van der Waals surface area contributed by atoms with Gasteiger partial charge in [-0.1, -0.05) is 26.8 Å². The van der Waals surface area contributed by atoms with Crippen molar-refractivity contribution in [3.8, 4) is 11.4 Å². The number of fused-ring (bicyclic) bond motifs is 2. The molecule has 0 amide bonds. The van der Waals surface area contributed by atoms with Crippen LogP contribution in [0, 0.1) is 0 Å². The van der Waals surface area contributed by atoms with E-state index in [1.54, 1.807) is 41.5 Å². The summed E-state index contributed by atoms with van der Waals surface area (Å²) in [4.78, 5) is 30.0. The Balaban J connectivity index is 1.82. The van der Waals surface area contributed by atoms with Crippen molar-refractivity contribution in [2.75, 3.05) is 24.2 Å². The van der Waals surface area contributed by atoms with Crippen LogP contribution in [0.3, 0.4) is 0 Å². The molecule has 0 saturated carbocycles. The molecular formula is C36H50N4O7S2Si. The molecule has 4 aromatic rings. The smallest absolute Gasteiger partial charge is 0.435 e. The van der Waals surface area contributed by atoms with Gasteiger partial charge in [0.05, 0.1) is 21.5 Å². The number of piperidine rings is 1. The zero-order chi connectivity index (χ0) is 37.2. The lowest BCUT2D eigenvalue weighted by Gasteiger charge is -2.29. The van der Waals surface area contributed by atoms with Crippen LogP contribution >= 0.6 is 11.3 Å². The number of aromatic nitrogens is 3. The first-order valence-electron chi connectivity index (χ1n) is 17.0. The van der Waals surface area contributed by atoms with E-state index in [1.807, 2.05) is 38.1 Å². The number of anilines is 1. The molecule has 272 valence electrons. The summed E-state index contributed by atoms with van der Waals surface area (Å²) >= 11 is 1.27. The van der Waals surface area contributed by atoms with Gasteiger partial charge in [-0.25, -0.2) is 22.6 Å². The van der Waals surface area contributed by atoms with Crippen LogP contribution in [-0.4, -0.2) is 75.3 Å².